The van der Waals surface area contributed by atoms with Crippen LogP contribution in [0, 0.1) is 0 Å². The van der Waals surface area contributed by atoms with Gasteiger partial charge in [-0.15, -0.1) is 0 Å². The first-order valence-electron chi connectivity index (χ1n) is 11.9. The van der Waals surface area contributed by atoms with Crippen molar-refractivity contribution in [3.63, 3.8) is 0 Å². The summed E-state index contributed by atoms with van der Waals surface area (Å²) in [6, 6.07) is 7.50. The minimum atomic E-state index is -1.08. The Hall–Kier alpha value is -2.95. The van der Waals surface area contributed by atoms with Crippen LogP contribution in [0.25, 0.3) is 5.57 Å². The van der Waals surface area contributed by atoms with E-state index in [2.05, 4.69) is 6.58 Å². The number of rotatable bonds is 8. The molecular weight excluding hydrogens is 428 g/mol. The van der Waals surface area contributed by atoms with Crippen molar-refractivity contribution >= 4 is 11.5 Å². The molecule has 5 nitrogen and oxygen atoms in total. The number of phenolic OH excluding ortho intramolecular Hbond substituents is 1. The van der Waals surface area contributed by atoms with Crippen LogP contribution in [0.1, 0.15) is 96.0 Å². The number of ether oxygens (including phenoxy) is 2. The topological polar surface area (TPSA) is 76.0 Å². The van der Waals surface area contributed by atoms with Crippen molar-refractivity contribution in [2.24, 2.45) is 0 Å². The Morgan fingerprint density at radius 2 is 1.32 bits per heavy atom. The molecule has 1 unspecified atom stereocenters. The van der Waals surface area contributed by atoms with Gasteiger partial charge >= 0.3 is 5.97 Å². The molecule has 5 heteroatoms. The zero-order chi connectivity index (χ0) is 26.0. The van der Waals surface area contributed by atoms with Crippen LogP contribution in [0.5, 0.6) is 17.2 Å². The fourth-order valence-corrected chi connectivity index (χ4v) is 4.21. The summed E-state index contributed by atoms with van der Waals surface area (Å²) in [6.07, 6.45) is 0. The molecule has 186 valence electrons. The number of carboxylic acids is 1. The molecule has 2 rings (SSSR count). The van der Waals surface area contributed by atoms with E-state index in [1.165, 1.54) is 0 Å². The van der Waals surface area contributed by atoms with E-state index in [9.17, 15) is 15.0 Å². The van der Waals surface area contributed by atoms with Gasteiger partial charge < -0.3 is 19.7 Å². The van der Waals surface area contributed by atoms with Crippen molar-refractivity contribution in [1.29, 1.82) is 0 Å². The molecule has 0 fully saturated rings. The summed E-state index contributed by atoms with van der Waals surface area (Å²) in [5.74, 6) is 0.0877. The Kier molecular flexibility index (Phi) is 8.13. The van der Waals surface area contributed by atoms with Crippen molar-refractivity contribution < 1.29 is 24.5 Å². The molecule has 0 saturated heterocycles. The fourth-order valence-electron chi connectivity index (χ4n) is 4.21. The van der Waals surface area contributed by atoms with Crippen LogP contribution in [0.4, 0.5) is 0 Å². The number of hydrogen-bond acceptors (Lipinski definition) is 4. The van der Waals surface area contributed by atoms with E-state index in [-0.39, 0.29) is 28.1 Å². The number of benzene rings is 2. The highest BCUT2D eigenvalue weighted by atomic mass is 16.5. The highest BCUT2D eigenvalue weighted by Gasteiger charge is 2.30. The molecule has 0 aliphatic heterocycles. The third-order valence-electron chi connectivity index (χ3n) is 5.99. The Bertz CT molecular complexity index is 1070. The first-order valence-corrected chi connectivity index (χ1v) is 11.9. The van der Waals surface area contributed by atoms with Gasteiger partial charge in [0.15, 0.2) is 0 Å². The Balaban J connectivity index is 2.94. The standard InChI is InChI=1S/C29H40O5/c1-11-33-19-13-21(25(18(4)27(31)32)23(15-19)28(5,6)7)17(3)22-14-20(34-12-2)16-24(26(22)30)29(8,9)10/h13-17,30H,4,11-12H2,1-3,5-10H3,(H,31,32). The molecule has 2 aromatic rings. The first-order chi connectivity index (χ1) is 15.6. The Morgan fingerprint density at radius 1 is 0.882 bits per heavy atom. The molecule has 0 spiro atoms. The summed E-state index contributed by atoms with van der Waals surface area (Å²) in [5.41, 5.74) is 2.95. The van der Waals surface area contributed by atoms with E-state index >= 15 is 0 Å². The molecule has 1 atom stereocenters. The molecule has 34 heavy (non-hydrogen) atoms. The van der Waals surface area contributed by atoms with Crippen LogP contribution in [0.15, 0.2) is 30.8 Å². The molecule has 0 amide bonds. The highest BCUT2D eigenvalue weighted by molar-refractivity contribution is 6.15. The molecule has 0 aliphatic rings. The Morgan fingerprint density at radius 3 is 1.74 bits per heavy atom. The lowest BCUT2D eigenvalue weighted by Gasteiger charge is -2.30. The number of phenols is 1. The predicted molar refractivity (Wildman–Crippen MR) is 138 cm³/mol. The van der Waals surface area contributed by atoms with Gasteiger partial charge in [0.25, 0.3) is 0 Å². The van der Waals surface area contributed by atoms with Gasteiger partial charge in [0.1, 0.15) is 17.2 Å². The maximum absolute atomic E-state index is 12.1. The number of hydrogen-bond donors (Lipinski definition) is 2. The van der Waals surface area contributed by atoms with Crippen molar-refractivity contribution in [2.75, 3.05) is 13.2 Å². The molecule has 2 aromatic carbocycles. The van der Waals surface area contributed by atoms with E-state index in [0.717, 1.165) is 16.7 Å². The van der Waals surface area contributed by atoms with Crippen molar-refractivity contribution in [2.45, 2.75) is 79.1 Å². The number of aromatic hydroxyl groups is 1. The summed E-state index contributed by atoms with van der Waals surface area (Å²) < 4.78 is 11.7. The monoisotopic (exact) mass is 468 g/mol. The summed E-state index contributed by atoms with van der Waals surface area (Å²) in [7, 11) is 0. The molecule has 0 saturated carbocycles. The average Bonchev–Trinajstić information content (AvgIpc) is 2.72. The normalized spacial score (nSPS) is 12.9. The molecule has 0 aromatic heterocycles. The van der Waals surface area contributed by atoms with Gasteiger partial charge in [-0.05, 0) is 65.6 Å². The second-order valence-corrected chi connectivity index (χ2v) is 10.7. The third-order valence-corrected chi connectivity index (χ3v) is 5.99. The number of aliphatic carboxylic acids is 1. The van der Waals surface area contributed by atoms with E-state index in [0.29, 0.717) is 35.8 Å². The van der Waals surface area contributed by atoms with E-state index < -0.39 is 5.97 Å². The summed E-state index contributed by atoms with van der Waals surface area (Å²) in [6.45, 7) is 22.9. The predicted octanol–water partition coefficient (Wildman–Crippen LogP) is 7.03. The summed E-state index contributed by atoms with van der Waals surface area (Å²) in [4.78, 5) is 12.1. The van der Waals surface area contributed by atoms with Gasteiger partial charge in [0.05, 0.1) is 18.8 Å². The lowest BCUT2D eigenvalue weighted by molar-refractivity contribution is -0.130. The zero-order valence-corrected chi connectivity index (χ0v) is 22.1. The highest BCUT2D eigenvalue weighted by Crippen LogP contribution is 2.45. The second kappa shape index (κ2) is 10.1. The molecule has 0 bridgehead atoms. The minimum Gasteiger partial charge on any atom is -0.507 e. The first kappa shape index (κ1) is 27.3. The van der Waals surface area contributed by atoms with Gasteiger partial charge in [-0.25, -0.2) is 4.79 Å². The van der Waals surface area contributed by atoms with Crippen molar-refractivity contribution in [1.82, 2.24) is 0 Å². The Labute approximate surface area is 204 Å². The summed E-state index contributed by atoms with van der Waals surface area (Å²) in [5, 5.41) is 21.3. The van der Waals surface area contributed by atoms with Crippen LogP contribution in [0.3, 0.4) is 0 Å². The van der Waals surface area contributed by atoms with Crippen LogP contribution >= 0.6 is 0 Å². The van der Waals surface area contributed by atoms with Crippen LogP contribution < -0.4 is 9.47 Å². The largest absolute Gasteiger partial charge is 0.507 e. The second-order valence-electron chi connectivity index (χ2n) is 10.7. The van der Waals surface area contributed by atoms with E-state index in [1.807, 2.05) is 86.6 Å². The molecule has 0 aliphatic carbocycles. The molecular formula is C29H40O5. The van der Waals surface area contributed by atoms with E-state index in [4.69, 9.17) is 9.47 Å². The van der Waals surface area contributed by atoms with Crippen LogP contribution in [-0.2, 0) is 15.6 Å². The smallest absolute Gasteiger partial charge is 0.335 e. The van der Waals surface area contributed by atoms with Crippen LogP contribution in [0.2, 0.25) is 0 Å². The zero-order valence-electron chi connectivity index (χ0n) is 22.1. The maximum Gasteiger partial charge on any atom is 0.335 e. The number of carbonyl (C=O) groups is 1. The SMILES string of the molecule is C=C(C(=O)O)c1c(C(C)c2cc(OCC)cc(C(C)(C)C)c2O)cc(OCC)cc1C(C)(C)C. The molecule has 0 heterocycles. The average molecular weight is 469 g/mol. The van der Waals surface area contributed by atoms with Gasteiger partial charge in [-0.1, -0.05) is 55.0 Å². The summed E-state index contributed by atoms with van der Waals surface area (Å²) >= 11 is 0. The maximum atomic E-state index is 12.1. The minimum absolute atomic E-state index is 0.0197. The molecule has 2 N–H and O–H groups in total. The lowest BCUT2D eigenvalue weighted by atomic mass is 9.75. The van der Waals surface area contributed by atoms with Crippen molar-refractivity contribution in [3.05, 3.63) is 58.7 Å². The van der Waals surface area contributed by atoms with Crippen molar-refractivity contribution in [3.8, 4) is 17.2 Å². The quantitative estimate of drug-likeness (QED) is 0.407. The fraction of sp³-hybridized carbons (Fsp3) is 0.483. The molecule has 0 radical (unpaired) electrons. The van der Waals surface area contributed by atoms with Crippen LogP contribution in [-0.4, -0.2) is 29.4 Å². The van der Waals surface area contributed by atoms with Gasteiger partial charge in [0, 0.05) is 17.0 Å². The third kappa shape index (κ3) is 5.75. The number of carboxylic acid groups (broad SMARTS) is 1. The van der Waals surface area contributed by atoms with Gasteiger partial charge in [-0.3, -0.25) is 0 Å². The van der Waals surface area contributed by atoms with E-state index in [1.54, 1.807) is 0 Å². The lowest BCUT2D eigenvalue weighted by Crippen LogP contribution is -2.19. The van der Waals surface area contributed by atoms with Gasteiger partial charge in [-0.2, -0.15) is 0 Å². The van der Waals surface area contributed by atoms with Gasteiger partial charge in [0.2, 0.25) is 0 Å².